The van der Waals surface area contributed by atoms with Crippen LogP contribution in [0.1, 0.15) is 24.2 Å². The third-order valence-corrected chi connectivity index (χ3v) is 2.62. The second kappa shape index (κ2) is 5.73. The van der Waals surface area contributed by atoms with Gasteiger partial charge >= 0.3 is 5.97 Å². The molecule has 106 valence electrons. The zero-order chi connectivity index (χ0) is 14.7. The Hall–Kier alpha value is -2.37. The van der Waals surface area contributed by atoms with Gasteiger partial charge in [-0.3, -0.25) is 0 Å². The summed E-state index contributed by atoms with van der Waals surface area (Å²) in [4.78, 5) is 11.9. The first-order valence-electron chi connectivity index (χ1n) is 6.13. The number of halogens is 1. The van der Waals surface area contributed by atoms with Crippen molar-refractivity contribution in [2.24, 2.45) is 0 Å². The molecule has 0 bridgehead atoms. The number of anilines is 1. The van der Waals surface area contributed by atoms with E-state index < -0.39 is 5.97 Å². The third kappa shape index (κ3) is 2.79. The van der Waals surface area contributed by atoms with Crippen molar-refractivity contribution in [3.63, 3.8) is 0 Å². The minimum absolute atomic E-state index is 0.0624. The molecule has 0 fully saturated rings. The molecule has 0 atom stereocenters. The minimum atomic E-state index is -0.561. The van der Waals surface area contributed by atoms with Gasteiger partial charge < -0.3 is 14.6 Å². The maximum Gasteiger partial charge on any atom is 0.345 e. The number of esters is 1. The van der Waals surface area contributed by atoms with Crippen LogP contribution in [-0.2, 0) is 4.74 Å². The van der Waals surface area contributed by atoms with E-state index in [1.807, 2.05) is 13.8 Å². The number of ether oxygens (including phenoxy) is 1. The molecule has 0 aliphatic carbocycles. The average molecular weight is 278 g/mol. The molecule has 0 aliphatic rings. The lowest BCUT2D eigenvalue weighted by molar-refractivity contribution is 0.0602. The number of methoxy groups -OCH3 is 1. The predicted octanol–water partition coefficient (Wildman–Crippen LogP) is 3.09. The van der Waals surface area contributed by atoms with Crippen LogP contribution in [0, 0.1) is 5.82 Å². The maximum atomic E-state index is 13.0. The number of nitrogens with one attached hydrogen (secondary N) is 1. The van der Waals surface area contributed by atoms with Crippen LogP contribution in [0.15, 0.2) is 28.8 Å². The number of nitrogens with zero attached hydrogens (tertiary/aromatic N) is 1. The molecule has 1 N–H and O–H groups in total. The third-order valence-electron chi connectivity index (χ3n) is 2.62. The van der Waals surface area contributed by atoms with E-state index >= 15 is 0 Å². The summed E-state index contributed by atoms with van der Waals surface area (Å²) in [6.07, 6.45) is 0. The summed E-state index contributed by atoms with van der Waals surface area (Å²) in [6, 6.07) is 5.70. The number of hydrogen-bond donors (Lipinski definition) is 1. The van der Waals surface area contributed by atoms with E-state index in [1.54, 1.807) is 0 Å². The fourth-order valence-electron chi connectivity index (χ4n) is 1.75. The van der Waals surface area contributed by atoms with E-state index in [4.69, 9.17) is 9.26 Å². The van der Waals surface area contributed by atoms with Gasteiger partial charge in [0.2, 0.25) is 5.88 Å². The average Bonchev–Trinajstić information content (AvgIpc) is 2.81. The summed E-state index contributed by atoms with van der Waals surface area (Å²) < 4.78 is 22.9. The highest BCUT2D eigenvalue weighted by molar-refractivity contribution is 6.00. The van der Waals surface area contributed by atoms with Gasteiger partial charge in [0.1, 0.15) is 11.5 Å². The lowest BCUT2D eigenvalue weighted by atomic mass is 10.1. The summed E-state index contributed by atoms with van der Waals surface area (Å²) in [7, 11) is 1.28. The van der Waals surface area contributed by atoms with Crippen molar-refractivity contribution < 1.29 is 18.4 Å². The Labute approximate surface area is 115 Å². The number of hydrogen-bond acceptors (Lipinski definition) is 5. The number of aromatic nitrogens is 1. The molecule has 1 aromatic heterocycles. The first-order valence-corrected chi connectivity index (χ1v) is 6.13. The molecule has 2 aromatic rings. The Morgan fingerprint density at radius 1 is 1.35 bits per heavy atom. The van der Waals surface area contributed by atoms with Gasteiger partial charge in [-0.15, -0.1) is 0 Å². The second-order valence-electron chi connectivity index (χ2n) is 4.53. The van der Waals surface area contributed by atoms with Crippen molar-refractivity contribution in [1.82, 2.24) is 5.16 Å². The van der Waals surface area contributed by atoms with Crippen molar-refractivity contribution in [3.05, 3.63) is 35.6 Å². The van der Waals surface area contributed by atoms with Crippen LogP contribution >= 0.6 is 0 Å². The molecule has 0 amide bonds. The van der Waals surface area contributed by atoms with Gasteiger partial charge in [-0.25, -0.2) is 9.18 Å². The molecule has 6 heteroatoms. The van der Waals surface area contributed by atoms with Gasteiger partial charge in [-0.1, -0.05) is 5.16 Å². The number of rotatable bonds is 4. The molecule has 2 rings (SSSR count). The Morgan fingerprint density at radius 3 is 2.55 bits per heavy atom. The molecule has 0 unspecified atom stereocenters. The van der Waals surface area contributed by atoms with Crippen LogP contribution in [-0.4, -0.2) is 24.3 Å². The SMILES string of the molecule is COC(=O)c1c(-c2ccc(F)cc2)noc1NC(C)C. The topological polar surface area (TPSA) is 64.4 Å². The minimum Gasteiger partial charge on any atom is -0.465 e. The van der Waals surface area contributed by atoms with E-state index in [9.17, 15) is 9.18 Å². The second-order valence-corrected chi connectivity index (χ2v) is 4.53. The molecule has 1 aromatic carbocycles. The first kappa shape index (κ1) is 14.0. The van der Waals surface area contributed by atoms with E-state index in [-0.39, 0.29) is 23.3 Å². The molecule has 1 heterocycles. The number of carbonyl (C=O) groups excluding carboxylic acids is 1. The highest BCUT2D eigenvalue weighted by Gasteiger charge is 2.25. The highest BCUT2D eigenvalue weighted by Crippen LogP contribution is 2.30. The van der Waals surface area contributed by atoms with Crippen LogP contribution in [0.5, 0.6) is 0 Å². The smallest absolute Gasteiger partial charge is 0.345 e. The maximum absolute atomic E-state index is 13.0. The molecule has 0 radical (unpaired) electrons. The molecule has 0 spiro atoms. The van der Waals surface area contributed by atoms with Crippen molar-refractivity contribution in [3.8, 4) is 11.3 Å². The van der Waals surface area contributed by atoms with Gasteiger partial charge in [0, 0.05) is 11.6 Å². The number of carbonyl (C=O) groups is 1. The Morgan fingerprint density at radius 2 is 2.00 bits per heavy atom. The standard InChI is InChI=1S/C14H15FN2O3/c1-8(2)16-13-11(14(18)19-3)12(17-20-13)9-4-6-10(15)7-5-9/h4-8,16H,1-3H3. The monoisotopic (exact) mass is 278 g/mol. The Kier molecular flexibility index (Phi) is 4.02. The summed E-state index contributed by atoms with van der Waals surface area (Å²) in [5, 5.41) is 6.86. The van der Waals surface area contributed by atoms with Gasteiger partial charge in [0.25, 0.3) is 0 Å². The molecule has 0 aliphatic heterocycles. The summed E-state index contributed by atoms with van der Waals surface area (Å²) in [6.45, 7) is 3.81. The summed E-state index contributed by atoms with van der Waals surface area (Å²) in [5.41, 5.74) is 1.10. The number of benzene rings is 1. The highest BCUT2D eigenvalue weighted by atomic mass is 19.1. The zero-order valence-corrected chi connectivity index (χ0v) is 11.4. The Balaban J connectivity index is 2.50. The molecule has 20 heavy (non-hydrogen) atoms. The van der Waals surface area contributed by atoms with Crippen molar-refractivity contribution in [2.45, 2.75) is 19.9 Å². The molecule has 0 saturated heterocycles. The molecular weight excluding hydrogens is 263 g/mol. The lowest BCUT2D eigenvalue weighted by Crippen LogP contribution is -2.13. The van der Waals surface area contributed by atoms with Crippen molar-refractivity contribution >= 4 is 11.9 Å². The summed E-state index contributed by atoms with van der Waals surface area (Å²) in [5.74, 6) is -0.683. The van der Waals surface area contributed by atoms with Crippen molar-refractivity contribution in [2.75, 3.05) is 12.4 Å². The van der Waals surface area contributed by atoms with Crippen molar-refractivity contribution in [1.29, 1.82) is 0 Å². The van der Waals surface area contributed by atoms with Gasteiger partial charge in [-0.05, 0) is 38.1 Å². The summed E-state index contributed by atoms with van der Waals surface area (Å²) >= 11 is 0. The molecule has 5 nitrogen and oxygen atoms in total. The Bertz CT molecular complexity index is 605. The van der Waals surface area contributed by atoms with E-state index in [0.29, 0.717) is 11.3 Å². The van der Waals surface area contributed by atoms with Gasteiger partial charge in [0.15, 0.2) is 5.56 Å². The fourth-order valence-corrected chi connectivity index (χ4v) is 1.75. The van der Waals surface area contributed by atoms with E-state index in [1.165, 1.54) is 31.4 Å². The zero-order valence-electron chi connectivity index (χ0n) is 11.4. The van der Waals surface area contributed by atoms with Crippen LogP contribution < -0.4 is 5.32 Å². The van der Waals surface area contributed by atoms with E-state index in [0.717, 1.165) is 0 Å². The van der Waals surface area contributed by atoms with Crippen LogP contribution in [0.4, 0.5) is 10.3 Å². The normalized spacial score (nSPS) is 10.7. The fraction of sp³-hybridized carbons (Fsp3) is 0.286. The molecule has 0 saturated carbocycles. The first-order chi connectivity index (χ1) is 9.52. The van der Waals surface area contributed by atoms with Crippen LogP contribution in [0.3, 0.4) is 0 Å². The predicted molar refractivity (Wildman–Crippen MR) is 72.0 cm³/mol. The van der Waals surface area contributed by atoms with Crippen LogP contribution in [0.2, 0.25) is 0 Å². The lowest BCUT2D eigenvalue weighted by Gasteiger charge is -2.07. The molecular formula is C14H15FN2O3. The van der Waals surface area contributed by atoms with Gasteiger partial charge in [-0.2, -0.15) is 0 Å². The van der Waals surface area contributed by atoms with E-state index in [2.05, 4.69) is 10.5 Å². The largest absolute Gasteiger partial charge is 0.465 e. The van der Waals surface area contributed by atoms with Gasteiger partial charge in [0.05, 0.1) is 7.11 Å². The quantitative estimate of drug-likeness (QED) is 0.871. The van der Waals surface area contributed by atoms with Crippen LogP contribution in [0.25, 0.3) is 11.3 Å².